The summed E-state index contributed by atoms with van der Waals surface area (Å²) < 4.78 is 3.68. The predicted octanol–water partition coefficient (Wildman–Crippen LogP) is 1.88. The number of carbonyl (C=O) groups excluding carboxylic acids is 2. The normalized spacial score (nSPS) is 17.3. The maximum Gasteiger partial charge on any atom is 0.271 e. The molecule has 1 fully saturated rings. The average molecular weight is 366 g/mol. The van der Waals surface area contributed by atoms with Crippen LogP contribution in [0.4, 0.5) is 0 Å². The molecule has 1 N–H and O–H groups in total. The first-order valence-electron chi connectivity index (χ1n) is 9.02. The maximum absolute atomic E-state index is 12.9. The van der Waals surface area contributed by atoms with Crippen molar-refractivity contribution >= 4 is 11.7 Å². The van der Waals surface area contributed by atoms with Gasteiger partial charge in [0.15, 0.2) is 5.82 Å². The van der Waals surface area contributed by atoms with Crippen LogP contribution < -0.4 is 0 Å². The van der Waals surface area contributed by atoms with Gasteiger partial charge in [0.1, 0.15) is 11.4 Å². The molecule has 0 aliphatic carbocycles. The summed E-state index contributed by atoms with van der Waals surface area (Å²) in [5, 5.41) is 7.11. The van der Waals surface area contributed by atoms with Crippen LogP contribution in [0.15, 0.2) is 36.8 Å². The Morgan fingerprint density at radius 2 is 2.07 bits per heavy atom. The van der Waals surface area contributed by atoms with Gasteiger partial charge in [0.2, 0.25) is 5.78 Å². The minimum atomic E-state index is -0.223. The molecule has 1 aliphatic rings. The lowest BCUT2D eigenvalue weighted by Crippen LogP contribution is -2.42. The number of rotatable bonds is 4. The summed E-state index contributed by atoms with van der Waals surface area (Å²) >= 11 is 0. The van der Waals surface area contributed by atoms with Crippen molar-refractivity contribution in [2.45, 2.75) is 12.8 Å². The standard InChI is InChI=1S/C19H22N6O2/c1-23-8-4-6-16(23)14-11-15(22-21-14)19(27)25-9-3-5-13(12-25)17(26)18-20-7-10-24(18)2/h4,6-8,10-11,13H,3,5,9,12H2,1-2H3,(H,21,22). The Kier molecular flexibility index (Phi) is 4.39. The van der Waals surface area contributed by atoms with E-state index in [0.29, 0.717) is 24.6 Å². The molecule has 8 heteroatoms. The Bertz CT molecular complexity index is 982. The van der Waals surface area contributed by atoms with E-state index in [1.165, 1.54) is 0 Å². The summed E-state index contributed by atoms with van der Waals surface area (Å²) in [5.41, 5.74) is 2.10. The van der Waals surface area contributed by atoms with E-state index in [0.717, 1.165) is 24.2 Å². The van der Waals surface area contributed by atoms with Crippen molar-refractivity contribution in [1.82, 2.24) is 29.2 Å². The molecule has 0 spiro atoms. The monoisotopic (exact) mass is 366 g/mol. The van der Waals surface area contributed by atoms with Gasteiger partial charge in [-0.05, 0) is 31.0 Å². The lowest BCUT2D eigenvalue weighted by atomic mass is 9.93. The fourth-order valence-electron chi connectivity index (χ4n) is 3.62. The van der Waals surface area contributed by atoms with Crippen molar-refractivity contribution < 1.29 is 9.59 Å². The number of hydrogen-bond acceptors (Lipinski definition) is 4. The maximum atomic E-state index is 12.9. The van der Waals surface area contributed by atoms with E-state index < -0.39 is 0 Å². The van der Waals surface area contributed by atoms with Crippen LogP contribution in [0, 0.1) is 5.92 Å². The van der Waals surface area contributed by atoms with Gasteiger partial charge in [-0.1, -0.05) is 0 Å². The number of hydrogen-bond donors (Lipinski definition) is 1. The molecule has 1 aliphatic heterocycles. The number of aromatic nitrogens is 5. The second-order valence-electron chi connectivity index (χ2n) is 6.99. The Morgan fingerprint density at radius 1 is 1.22 bits per heavy atom. The predicted molar refractivity (Wildman–Crippen MR) is 99.2 cm³/mol. The average Bonchev–Trinajstić information content (AvgIpc) is 3.41. The van der Waals surface area contributed by atoms with Gasteiger partial charge in [-0.15, -0.1) is 0 Å². The van der Waals surface area contributed by atoms with Gasteiger partial charge < -0.3 is 14.0 Å². The zero-order valence-electron chi connectivity index (χ0n) is 15.4. The first-order chi connectivity index (χ1) is 13.0. The second-order valence-corrected chi connectivity index (χ2v) is 6.99. The highest BCUT2D eigenvalue weighted by molar-refractivity contribution is 5.97. The van der Waals surface area contributed by atoms with Crippen LogP contribution in [0.25, 0.3) is 11.4 Å². The molecular weight excluding hydrogens is 344 g/mol. The number of aromatic amines is 1. The van der Waals surface area contributed by atoms with Gasteiger partial charge in [0.25, 0.3) is 5.91 Å². The van der Waals surface area contributed by atoms with E-state index in [1.54, 1.807) is 27.9 Å². The molecule has 140 valence electrons. The summed E-state index contributed by atoms with van der Waals surface area (Å²) in [6.07, 6.45) is 6.88. The van der Waals surface area contributed by atoms with Gasteiger partial charge in [-0.2, -0.15) is 5.10 Å². The fourth-order valence-corrected chi connectivity index (χ4v) is 3.62. The molecule has 4 rings (SSSR count). The van der Waals surface area contributed by atoms with Crippen molar-refractivity contribution in [3.8, 4) is 11.4 Å². The number of ketones is 1. The lowest BCUT2D eigenvalue weighted by Gasteiger charge is -2.31. The van der Waals surface area contributed by atoms with Gasteiger partial charge in [0, 0.05) is 51.7 Å². The first-order valence-corrected chi connectivity index (χ1v) is 9.02. The number of imidazole rings is 1. The molecule has 3 aromatic heterocycles. The third-order valence-electron chi connectivity index (χ3n) is 5.14. The Morgan fingerprint density at radius 3 is 2.78 bits per heavy atom. The lowest BCUT2D eigenvalue weighted by molar-refractivity contribution is 0.0628. The smallest absolute Gasteiger partial charge is 0.271 e. The zero-order valence-corrected chi connectivity index (χ0v) is 15.4. The van der Waals surface area contributed by atoms with Crippen LogP contribution in [-0.2, 0) is 14.1 Å². The molecule has 4 heterocycles. The van der Waals surface area contributed by atoms with E-state index in [9.17, 15) is 9.59 Å². The summed E-state index contributed by atoms with van der Waals surface area (Å²) in [7, 11) is 3.74. The molecule has 3 aromatic rings. The van der Waals surface area contributed by atoms with Gasteiger partial charge in [0.05, 0.1) is 5.69 Å². The molecular formula is C19H22N6O2. The van der Waals surface area contributed by atoms with Crippen molar-refractivity contribution in [3.63, 3.8) is 0 Å². The SMILES string of the molecule is Cn1cccc1-c1cc(C(=O)N2CCCC(C(=O)c3nccn3C)C2)[nH]n1. The number of aryl methyl sites for hydroxylation is 2. The second kappa shape index (κ2) is 6.86. The number of Topliss-reactive ketones (excluding diaryl/α,β-unsaturated/α-hetero) is 1. The summed E-state index contributed by atoms with van der Waals surface area (Å²) in [6, 6.07) is 5.65. The highest BCUT2D eigenvalue weighted by Crippen LogP contribution is 2.23. The van der Waals surface area contributed by atoms with Crippen LogP contribution in [0.2, 0.25) is 0 Å². The summed E-state index contributed by atoms with van der Waals surface area (Å²) in [6.45, 7) is 1.05. The minimum absolute atomic E-state index is 0.00545. The van der Waals surface area contributed by atoms with Crippen LogP contribution in [0.5, 0.6) is 0 Å². The van der Waals surface area contributed by atoms with E-state index >= 15 is 0 Å². The minimum Gasteiger partial charge on any atom is -0.349 e. The highest BCUT2D eigenvalue weighted by atomic mass is 16.2. The molecule has 1 saturated heterocycles. The first kappa shape index (κ1) is 17.3. The molecule has 0 bridgehead atoms. The largest absolute Gasteiger partial charge is 0.349 e. The topological polar surface area (TPSA) is 88.8 Å². The molecule has 8 nitrogen and oxygen atoms in total. The number of nitrogens with zero attached hydrogens (tertiary/aromatic N) is 5. The van der Waals surface area contributed by atoms with Crippen LogP contribution in [0.1, 0.15) is 33.9 Å². The number of piperidine rings is 1. The van der Waals surface area contributed by atoms with Crippen molar-refractivity contribution in [2.75, 3.05) is 13.1 Å². The van der Waals surface area contributed by atoms with Gasteiger partial charge in [-0.3, -0.25) is 14.7 Å². The molecule has 1 atom stereocenters. The molecule has 0 aromatic carbocycles. The molecule has 0 saturated carbocycles. The van der Waals surface area contributed by atoms with Crippen molar-refractivity contribution in [2.24, 2.45) is 20.0 Å². The highest BCUT2D eigenvalue weighted by Gasteiger charge is 2.31. The molecule has 27 heavy (non-hydrogen) atoms. The van der Waals surface area contributed by atoms with Crippen molar-refractivity contribution in [1.29, 1.82) is 0 Å². The van der Waals surface area contributed by atoms with Gasteiger partial charge in [-0.25, -0.2) is 4.98 Å². The number of carbonyl (C=O) groups is 2. The third-order valence-corrected chi connectivity index (χ3v) is 5.14. The summed E-state index contributed by atoms with van der Waals surface area (Å²) in [5.74, 6) is 0.0929. The van der Waals surface area contributed by atoms with E-state index in [4.69, 9.17) is 0 Å². The third kappa shape index (κ3) is 3.18. The van der Waals surface area contributed by atoms with Gasteiger partial charge >= 0.3 is 0 Å². The van der Waals surface area contributed by atoms with Crippen LogP contribution in [0.3, 0.4) is 0 Å². The number of nitrogens with one attached hydrogen (secondary N) is 1. The summed E-state index contributed by atoms with van der Waals surface area (Å²) in [4.78, 5) is 31.5. The molecule has 0 radical (unpaired) electrons. The van der Waals surface area contributed by atoms with Crippen molar-refractivity contribution in [3.05, 3.63) is 48.3 Å². The number of H-pyrrole nitrogens is 1. The fraction of sp³-hybridized carbons (Fsp3) is 0.368. The van der Waals surface area contributed by atoms with E-state index in [-0.39, 0.29) is 17.6 Å². The Labute approximate surface area is 156 Å². The van der Waals surface area contributed by atoms with Crippen LogP contribution in [-0.4, -0.2) is 54.0 Å². The molecule has 1 amide bonds. The quantitative estimate of drug-likeness (QED) is 0.714. The zero-order chi connectivity index (χ0) is 19.0. The Balaban J connectivity index is 1.49. The molecule has 1 unspecified atom stereocenters. The number of likely N-dealkylation sites (tertiary alicyclic amines) is 1. The van der Waals surface area contributed by atoms with Crippen LogP contribution >= 0.6 is 0 Å². The Hall–Kier alpha value is -3.16. The van der Waals surface area contributed by atoms with E-state index in [1.807, 2.05) is 37.0 Å². The van der Waals surface area contributed by atoms with E-state index in [2.05, 4.69) is 15.2 Å². The number of amides is 1.